The van der Waals surface area contributed by atoms with Gasteiger partial charge in [-0.25, -0.2) is 13.6 Å². The molecular weight excluding hydrogens is 242 g/mol. The zero-order chi connectivity index (χ0) is 12.9. The summed E-state index contributed by atoms with van der Waals surface area (Å²) in [5.41, 5.74) is 0.818. The van der Waals surface area contributed by atoms with Crippen LogP contribution in [0.25, 0.3) is 0 Å². The minimum absolute atomic E-state index is 0.0231. The summed E-state index contributed by atoms with van der Waals surface area (Å²) in [5.74, 6) is 0.286. The maximum Gasteiger partial charge on any atom is 0.241 e. The molecule has 1 rings (SSSR count). The molecular formula is C11H17NO4S. The minimum Gasteiger partial charge on any atom is -0.492 e. The van der Waals surface area contributed by atoms with E-state index in [4.69, 9.17) is 14.6 Å². The third-order valence-electron chi connectivity index (χ3n) is 2.16. The van der Waals surface area contributed by atoms with Gasteiger partial charge in [-0.15, -0.1) is 0 Å². The van der Waals surface area contributed by atoms with Gasteiger partial charge < -0.3 is 9.47 Å². The number of methoxy groups -OCH3 is 1. The van der Waals surface area contributed by atoms with Gasteiger partial charge in [0.05, 0.1) is 6.61 Å². The molecule has 0 saturated heterocycles. The molecule has 5 nitrogen and oxygen atoms in total. The van der Waals surface area contributed by atoms with E-state index in [0.717, 1.165) is 5.56 Å². The molecule has 0 spiro atoms. The Hall–Kier alpha value is -1.11. The van der Waals surface area contributed by atoms with E-state index >= 15 is 0 Å². The summed E-state index contributed by atoms with van der Waals surface area (Å²) in [6, 6.07) is 4.89. The van der Waals surface area contributed by atoms with Crippen LogP contribution in [0.2, 0.25) is 0 Å². The molecule has 0 atom stereocenters. The van der Waals surface area contributed by atoms with Crippen LogP contribution < -0.4 is 9.88 Å². The molecule has 96 valence electrons. The fraction of sp³-hybridized carbons (Fsp3) is 0.455. The second-order valence-electron chi connectivity index (χ2n) is 3.69. The van der Waals surface area contributed by atoms with E-state index < -0.39 is 10.0 Å². The number of hydrogen-bond donors (Lipinski definition) is 1. The highest BCUT2D eigenvalue weighted by Crippen LogP contribution is 2.23. The van der Waals surface area contributed by atoms with Crippen LogP contribution in [0.15, 0.2) is 23.1 Å². The van der Waals surface area contributed by atoms with Crippen molar-refractivity contribution in [2.75, 3.05) is 20.3 Å². The van der Waals surface area contributed by atoms with Crippen molar-refractivity contribution in [3.8, 4) is 5.75 Å². The van der Waals surface area contributed by atoms with Crippen molar-refractivity contribution in [2.24, 2.45) is 5.14 Å². The van der Waals surface area contributed by atoms with Gasteiger partial charge in [0.25, 0.3) is 0 Å². The predicted octanol–water partition coefficient (Wildman–Crippen LogP) is 1.06. The molecule has 0 unspecified atom stereocenters. The van der Waals surface area contributed by atoms with Gasteiger partial charge in [0.15, 0.2) is 0 Å². The number of aryl methyl sites for hydroxylation is 1. The number of nitrogens with two attached hydrogens (primary N) is 1. The van der Waals surface area contributed by atoms with Crippen molar-refractivity contribution in [1.29, 1.82) is 0 Å². The van der Waals surface area contributed by atoms with Crippen LogP contribution in [0.4, 0.5) is 0 Å². The molecule has 0 heterocycles. The number of sulfonamides is 1. The first-order chi connectivity index (χ1) is 7.95. The van der Waals surface area contributed by atoms with Gasteiger partial charge >= 0.3 is 0 Å². The van der Waals surface area contributed by atoms with E-state index in [9.17, 15) is 8.42 Å². The van der Waals surface area contributed by atoms with E-state index in [2.05, 4.69) is 0 Å². The zero-order valence-corrected chi connectivity index (χ0v) is 10.8. The molecule has 0 saturated carbocycles. The Kier molecular flexibility index (Phi) is 4.92. The monoisotopic (exact) mass is 259 g/mol. The molecule has 0 radical (unpaired) electrons. The normalized spacial score (nSPS) is 11.5. The second kappa shape index (κ2) is 6.00. The summed E-state index contributed by atoms with van der Waals surface area (Å²) in [7, 11) is -2.16. The zero-order valence-electron chi connectivity index (χ0n) is 9.97. The topological polar surface area (TPSA) is 78.6 Å². The van der Waals surface area contributed by atoms with Crippen molar-refractivity contribution in [1.82, 2.24) is 0 Å². The fourth-order valence-corrected chi connectivity index (χ4v) is 2.10. The lowest BCUT2D eigenvalue weighted by Gasteiger charge is -2.10. The van der Waals surface area contributed by atoms with Crippen LogP contribution >= 0.6 is 0 Å². The number of rotatable bonds is 6. The summed E-state index contributed by atoms with van der Waals surface area (Å²) in [6.45, 7) is 2.75. The SMILES string of the molecule is COCCCOc1ccc(C)cc1S(N)(=O)=O. The Labute approximate surface area is 102 Å². The van der Waals surface area contributed by atoms with Crippen molar-refractivity contribution in [3.63, 3.8) is 0 Å². The molecule has 0 aliphatic rings. The largest absolute Gasteiger partial charge is 0.492 e. The molecule has 0 aliphatic heterocycles. The predicted molar refractivity (Wildman–Crippen MR) is 64.5 cm³/mol. The molecule has 1 aromatic rings. The first kappa shape index (κ1) is 14.0. The molecule has 0 aromatic heterocycles. The second-order valence-corrected chi connectivity index (χ2v) is 5.22. The molecule has 0 bridgehead atoms. The maximum atomic E-state index is 11.4. The van der Waals surface area contributed by atoms with E-state index in [-0.39, 0.29) is 10.6 Å². The van der Waals surface area contributed by atoms with E-state index in [1.54, 1.807) is 26.2 Å². The van der Waals surface area contributed by atoms with Crippen molar-refractivity contribution < 1.29 is 17.9 Å². The quantitative estimate of drug-likeness (QED) is 0.775. The van der Waals surface area contributed by atoms with Crippen LogP contribution in [-0.4, -0.2) is 28.7 Å². The highest BCUT2D eigenvalue weighted by atomic mass is 32.2. The van der Waals surface area contributed by atoms with Gasteiger partial charge in [0.2, 0.25) is 10.0 Å². The standard InChI is InChI=1S/C11H17NO4S/c1-9-4-5-10(16-7-3-6-15-2)11(8-9)17(12,13)14/h4-5,8H,3,6-7H2,1-2H3,(H2,12,13,14). The Balaban J connectivity index is 2.84. The average Bonchev–Trinajstić information content (AvgIpc) is 2.25. The van der Waals surface area contributed by atoms with Gasteiger partial charge in [-0.05, 0) is 24.6 Å². The summed E-state index contributed by atoms with van der Waals surface area (Å²) in [4.78, 5) is 0.0231. The average molecular weight is 259 g/mol. The first-order valence-electron chi connectivity index (χ1n) is 5.20. The lowest BCUT2D eigenvalue weighted by molar-refractivity contribution is 0.171. The van der Waals surface area contributed by atoms with Crippen LogP contribution in [-0.2, 0) is 14.8 Å². The van der Waals surface area contributed by atoms with E-state index in [0.29, 0.717) is 19.6 Å². The van der Waals surface area contributed by atoms with Crippen LogP contribution in [0.5, 0.6) is 5.75 Å². The summed E-state index contributed by atoms with van der Waals surface area (Å²) >= 11 is 0. The molecule has 0 fully saturated rings. The Morgan fingerprint density at radius 3 is 2.59 bits per heavy atom. The molecule has 2 N–H and O–H groups in total. The Morgan fingerprint density at radius 2 is 2.00 bits per heavy atom. The van der Waals surface area contributed by atoms with Gasteiger partial charge in [-0.3, -0.25) is 0 Å². The third kappa shape index (κ3) is 4.33. The molecule has 0 amide bonds. The van der Waals surface area contributed by atoms with E-state index in [1.165, 1.54) is 6.07 Å². The Bertz CT molecular complexity index is 470. The van der Waals surface area contributed by atoms with E-state index in [1.807, 2.05) is 0 Å². The van der Waals surface area contributed by atoms with Crippen LogP contribution in [0.3, 0.4) is 0 Å². The summed E-state index contributed by atoms with van der Waals surface area (Å²) in [5, 5.41) is 5.12. The number of hydrogen-bond acceptors (Lipinski definition) is 4. The lowest BCUT2D eigenvalue weighted by Crippen LogP contribution is -2.14. The van der Waals surface area contributed by atoms with Crippen LogP contribution in [0.1, 0.15) is 12.0 Å². The number of primary sulfonamides is 1. The Morgan fingerprint density at radius 1 is 1.29 bits per heavy atom. The van der Waals surface area contributed by atoms with Gasteiger partial charge in [-0.2, -0.15) is 0 Å². The van der Waals surface area contributed by atoms with Gasteiger partial charge in [-0.1, -0.05) is 6.07 Å². The van der Waals surface area contributed by atoms with Crippen molar-refractivity contribution in [2.45, 2.75) is 18.2 Å². The lowest BCUT2D eigenvalue weighted by atomic mass is 10.2. The molecule has 0 aliphatic carbocycles. The maximum absolute atomic E-state index is 11.4. The molecule has 6 heteroatoms. The van der Waals surface area contributed by atoms with Gasteiger partial charge in [0, 0.05) is 20.1 Å². The minimum atomic E-state index is -3.75. The fourth-order valence-electron chi connectivity index (χ4n) is 1.34. The number of ether oxygens (including phenoxy) is 2. The highest BCUT2D eigenvalue weighted by Gasteiger charge is 2.15. The molecule has 1 aromatic carbocycles. The smallest absolute Gasteiger partial charge is 0.241 e. The molecule has 17 heavy (non-hydrogen) atoms. The first-order valence-corrected chi connectivity index (χ1v) is 6.75. The summed E-state index contributed by atoms with van der Waals surface area (Å²) < 4.78 is 33.0. The van der Waals surface area contributed by atoms with Crippen LogP contribution in [0, 0.1) is 6.92 Å². The van der Waals surface area contributed by atoms with Crippen molar-refractivity contribution in [3.05, 3.63) is 23.8 Å². The van der Waals surface area contributed by atoms with Gasteiger partial charge in [0.1, 0.15) is 10.6 Å². The summed E-state index contributed by atoms with van der Waals surface area (Å²) in [6.07, 6.45) is 0.689. The number of benzene rings is 1. The van der Waals surface area contributed by atoms with Crippen molar-refractivity contribution >= 4 is 10.0 Å². The highest BCUT2D eigenvalue weighted by molar-refractivity contribution is 7.89. The third-order valence-corrected chi connectivity index (χ3v) is 3.09.